The first-order valence-electron chi connectivity index (χ1n) is 10.5. The molecule has 3 N–H and O–H groups in total. The maximum Gasteiger partial charge on any atom is 0.243 e. The molecule has 30 heavy (non-hydrogen) atoms. The van der Waals surface area contributed by atoms with Crippen molar-refractivity contribution in [3.63, 3.8) is 0 Å². The number of anilines is 1. The van der Waals surface area contributed by atoms with Crippen LogP contribution < -0.4 is 11.1 Å². The minimum absolute atomic E-state index is 0.319. The Labute approximate surface area is 175 Å². The SMILES string of the molecule is [2H]C([2H])=CC(=O)N[C@H]1C=C(C)c2c(-c3cnc4ccccc4c3)c3c(N)ncnc3n2C1. The molecule has 7 heteroatoms. The van der Waals surface area contributed by atoms with Gasteiger partial charge < -0.3 is 15.6 Å². The fourth-order valence-electron chi connectivity index (χ4n) is 4.21. The summed E-state index contributed by atoms with van der Waals surface area (Å²) in [4.78, 5) is 25.4. The second-order valence-corrected chi connectivity index (χ2v) is 7.32. The van der Waals surface area contributed by atoms with Gasteiger partial charge in [0.15, 0.2) is 0 Å². The molecule has 5 rings (SSSR count). The van der Waals surface area contributed by atoms with Crippen LogP contribution in [0, 0.1) is 0 Å². The number of nitrogen functional groups attached to an aromatic ring is 1. The fourth-order valence-corrected chi connectivity index (χ4v) is 4.21. The Bertz CT molecular complexity index is 1450. The maximum absolute atomic E-state index is 12.1. The predicted molar refractivity (Wildman–Crippen MR) is 118 cm³/mol. The first-order chi connectivity index (χ1) is 15.4. The van der Waals surface area contributed by atoms with Crippen molar-refractivity contribution in [1.82, 2.24) is 24.8 Å². The molecule has 0 radical (unpaired) electrons. The second-order valence-electron chi connectivity index (χ2n) is 7.32. The summed E-state index contributed by atoms with van der Waals surface area (Å²) in [7, 11) is 0. The summed E-state index contributed by atoms with van der Waals surface area (Å²) in [6, 6.07) is 9.68. The smallest absolute Gasteiger partial charge is 0.243 e. The van der Waals surface area contributed by atoms with E-state index in [-0.39, 0.29) is 6.04 Å². The summed E-state index contributed by atoms with van der Waals surface area (Å²) in [6.45, 7) is 1.87. The first kappa shape index (κ1) is 15.9. The Morgan fingerprint density at radius 3 is 3.10 bits per heavy atom. The van der Waals surface area contributed by atoms with Crippen LogP contribution in [0.1, 0.15) is 15.4 Å². The molecule has 3 aromatic heterocycles. The average molecular weight is 398 g/mol. The van der Waals surface area contributed by atoms with Gasteiger partial charge in [-0.3, -0.25) is 9.78 Å². The zero-order chi connectivity index (χ0) is 22.4. The number of para-hydroxylation sites is 1. The van der Waals surface area contributed by atoms with Crippen LogP contribution in [0.3, 0.4) is 0 Å². The van der Waals surface area contributed by atoms with Crippen LogP contribution >= 0.6 is 0 Å². The molecule has 1 atom stereocenters. The van der Waals surface area contributed by atoms with Crippen LogP contribution in [0.25, 0.3) is 38.6 Å². The molecule has 148 valence electrons. The highest BCUT2D eigenvalue weighted by molar-refractivity contribution is 6.07. The molecule has 0 bridgehead atoms. The van der Waals surface area contributed by atoms with Crippen LogP contribution in [0.2, 0.25) is 0 Å². The van der Waals surface area contributed by atoms with E-state index in [1.165, 1.54) is 6.33 Å². The predicted octanol–water partition coefficient (Wildman–Crippen LogP) is 3.32. The number of hydrogen-bond acceptors (Lipinski definition) is 5. The van der Waals surface area contributed by atoms with Crippen molar-refractivity contribution in [2.75, 3.05) is 5.73 Å². The van der Waals surface area contributed by atoms with Crippen molar-refractivity contribution in [3.8, 4) is 11.1 Å². The van der Waals surface area contributed by atoms with E-state index in [0.29, 0.717) is 18.0 Å². The quantitative estimate of drug-likeness (QED) is 0.516. The highest BCUT2D eigenvalue weighted by Gasteiger charge is 2.28. The molecule has 1 aromatic carbocycles. The summed E-state index contributed by atoms with van der Waals surface area (Å²) in [5.74, 6) is -0.100. The summed E-state index contributed by atoms with van der Waals surface area (Å²) in [5.41, 5.74) is 11.6. The van der Waals surface area contributed by atoms with Gasteiger partial charge in [-0.2, -0.15) is 0 Å². The van der Waals surface area contributed by atoms with E-state index < -0.39 is 12.4 Å². The number of nitrogens with zero attached hydrogens (tertiary/aromatic N) is 4. The lowest BCUT2D eigenvalue weighted by Gasteiger charge is -2.24. The average Bonchev–Trinajstić information content (AvgIpc) is 3.09. The van der Waals surface area contributed by atoms with E-state index in [4.69, 9.17) is 8.48 Å². The van der Waals surface area contributed by atoms with Gasteiger partial charge in [-0.15, -0.1) is 0 Å². The number of fused-ring (bicyclic) bond motifs is 4. The molecule has 4 heterocycles. The number of benzene rings is 1. The number of aromatic nitrogens is 4. The highest BCUT2D eigenvalue weighted by atomic mass is 16.1. The Morgan fingerprint density at radius 1 is 1.37 bits per heavy atom. The number of nitrogens with one attached hydrogen (secondary N) is 1. The zero-order valence-electron chi connectivity index (χ0n) is 18.3. The number of carbonyl (C=O) groups excluding carboxylic acids is 1. The molecule has 1 aliphatic heterocycles. The monoisotopic (exact) mass is 398 g/mol. The van der Waals surface area contributed by atoms with E-state index in [1.807, 2.05) is 48.0 Å². The van der Waals surface area contributed by atoms with E-state index in [1.54, 1.807) is 0 Å². The molecule has 0 spiro atoms. The number of rotatable bonds is 3. The van der Waals surface area contributed by atoms with Crippen LogP contribution in [-0.4, -0.2) is 31.5 Å². The molecule has 7 nitrogen and oxygen atoms in total. The Kier molecular flexibility index (Phi) is 3.60. The van der Waals surface area contributed by atoms with Gasteiger partial charge in [-0.05, 0) is 30.7 Å². The van der Waals surface area contributed by atoms with E-state index in [0.717, 1.165) is 44.8 Å². The Morgan fingerprint density at radius 2 is 2.23 bits per heavy atom. The van der Waals surface area contributed by atoms with Crippen molar-refractivity contribution in [2.24, 2.45) is 0 Å². The van der Waals surface area contributed by atoms with Crippen LogP contribution in [-0.2, 0) is 11.3 Å². The summed E-state index contributed by atoms with van der Waals surface area (Å²) in [6.07, 6.45) is 6.18. The zero-order valence-corrected chi connectivity index (χ0v) is 16.3. The van der Waals surface area contributed by atoms with Gasteiger partial charge >= 0.3 is 0 Å². The molecular formula is C23H20N6O. The van der Waals surface area contributed by atoms with Crippen LogP contribution in [0.15, 0.2) is 61.5 Å². The van der Waals surface area contributed by atoms with Crippen molar-refractivity contribution in [2.45, 2.75) is 19.5 Å². The summed E-state index contributed by atoms with van der Waals surface area (Å²) >= 11 is 0. The second kappa shape index (κ2) is 6.81. The van der Waals surface area contributed by atoms with Crippen molar-refractivity contribution < 1.29 is 7.54 Å². The molecule has 0 aliphatic carbocycles. The number of allylic oxidation sites excluding steroid dienone is 1. The van der Waals surface area contributed by atoms with Gasteiger partial charge in [0, 0.05) is 29.3 Å². The Hall–Kier alpha value is -4.00. The van der Waals surface area contributed by atoms with Crippen molar-refractivity contribution in [3.05, 3.63) is 67.2 Å². The van der Waals surface area contributed by atoms with Gasteiger partial charge in [0.05, 0.1) is 25.4 Å². The standard InChI is InChI=1S/C23H20N6O/c1-3-18(30)28-16-8-13(2)21-19(15-9-14-6-4-5-7-17(14)25-10-15)20-22(24)26-12-27-23(20)29(21)11-16/h3-10,12,16H,1,11H2,2H3,(H,28,30)(H2,24,26,27)/t16-/m0/s1/i1D2. The normalized spacial score (nSPS) is 16.4. The largest absolute Gasteiger partial charge is 0.383 e. The topological polar surface area (TPSA) is 98.7 Å². The lowest BCUT2D eigenvalue weighted by Crippen LogP contribution is -2.37. The third-order valence-electron chi connectivity index (χ3n) is 5.41. The van der Waals surface area contributed by atoms with Gasteiger partial charge in [-0.25, -0.2) is 9.97 Å². The van der Waals surface area contributed by atoms with Gasteiger partial charge in [-0.1, -0.05) is 30.8 Å². The number of hydrogen-bond donors (Lipinski definition) is 2. The van der Waals surface area contributed by atoms with Crippen molar-refractivity contribution >= 4 is 39.2 Å². The third-order valence-corrected chi connectivity index (χ3v) is 5.41. The molecule has 0 saturated heterocycles. The molecule has 0 fully saturated rings. The lowest BCUT2D eigenvalue weighted by atomic mass is 9.97. The minimum Gasteiger partial charge on any atom is -0.383 e. The van der Waals surface area contributed by atoms with Crippen LogP contribution in [0.5, 0.6) is 0 Å². The number of amides is 1. The maximum atomic E-state index is 12.1. The third kappa shape index (κ3) is 2.75. The van der Waals surface area contributed by atoms with Gasteiger partial charge in [0.2, 0.25) is 5.91 Å². The molecule has 1 amide bonds. The summed E-state index contributed by atoms with van der Waals surface area (Å²) < 4.78 is 16.4. The molecule has 1 aliphatic rings. The molecule has 0 unspecified atom stereocenters. The van der Waals surface area contributed by atoms with E-state index in [9.17, 15) is 4.79 Å². The lowest BCUT2D eigenvalue weighted by molar-refractivity contribution is -0.116. The molecular weight excluding hydrogens is 376 g/mol. The molecule has 4 aromatic rings. The summed E-state index contributed by atoms with van der Waals surface area (Å²) in [5, 5.41) is 4.60. The minimum atomic E-state index is -0.544. The molecule has 0 saturated carbocycles. The van der Waals surface area contributed by atoms with E-state index >= 15 is 0 Å². The number of pyridine rings is 1. The highest BCUT2D eigenvalue weighted by Crippen LogP contribution is 2.41. The van der Waals surface area contributed by atoms with Gasteiger partial charge in [0.25, 0.3) is 0 Å². The van der Waals surface area contributed by atoms with Crippen LogP contribution in [0.4, 0.5) is 5.82 Å². The Balaban J connectivity index is 1.69. The number of nitrogens with two attached hydrogens (primary N) is 1. The van der Waals surface area contributed by atoms with Crippen molar-refractivity contribution in [1.29, 1.82) is 0 Å². The fraction of sp³-hybridized carbons (Fsp3) is 0.130. The number of carbonyl (C=O) groups is 1. The first-order valence-corrected chi connectivity index (χ1v) is 9.54. The van der Waals surface area contributed by atoms with E-state index in [2.05, 4.69) is 26.3 Å². The van der Waals surface area contributed by atoms with Gasteiger partial charge in [0.1, 0.15) is 17.8 Å².